The summed E-state index contributed by atoms with van der Waals surface area (Å²) in [6.07, 6.45) is 5.24. The quantitative estimate of drug-likeness (QED) is 0.584. The van der Waals surface area contributed by atoms with Crippen molar-refractivity contribution in [2.24, 2.45) is 5.92 Å². The Morgan fingerprint density at radius 2 is 2.17 bits per heavy atom. The molecule has 0 unspecified atom stereocenters. The van der Waals surface area contributed by atoms with Gasteiger partial charge in [-0.25, -0.2) is 4.39 Å². The monoisotopic (exact) mass is 411 g/mol. The average Bonchev–Trinajstić information content (AvgIpc) is 3.47. The average molecular weight is 411 g/mol. The van der Waals surface area contributed by atoms with Crippen molar-refractivity contribution in [2.45, 2.75) is 18.8 Å². The minimum Gasteiger partial charge on any atom is -0.383 e. The maximum absolute atomic E-state index is 14.5. The van der Waals surface area contributed by atoms with Crippen LogP contribution in [0.1, 0.15) is 39.0 Å². The topological polar surface area (TPSA) is 86.9 Å². The molecule has 2 aromatic heterocycles. The first-order chi connectivity index (χ1) is 14.6. The van der Waals surface area contributed by atoms with E-state index in [1.54, 1.807) is 38.6 Å². The number of nitrogens with one attached hydrogen (secondary N) is 2. The van der Waals surface area contributed by atoms with E-state index in [1.807, 2.05) is 12.3 Å². The molecule has 30 heavy (non-hydrogen) atoms. The van der Waals surface area contributed by atoms with Gasteiger partial charge in [-0.2, -0.15) is 10.2 Å². The number of Topliss-reactive ketones (excluding diaryl/α,β-unsaturated/α-hetero) is 1. The van der Waals surface area contributed by atoms with Crippen LogP contribution in [0.4, 0.5) is 4.39 Å². The van der Waals surface area contributed by atoms with Gasteiger partial charge in [-0.1, -0.05) is 12.1 Å². The molecule has 1 aliphatic heterocycles. The first kappa shape index (κ1) is 20.4. The van der Waals surface area contributed by atoms with Crippen LogP contribution in [-0.4, -0.2) is 64.4 Å². The number of rotatable bonds is 7. The molecule has 1 aromatic carbocycles. The standard InChI is InChI=1S/C22H26FN5O2/c1-14-16(4-3-5-19(14)23)21-17(15-10-25-26-11-15)12-28(8-9-30-2)13-18(21)22(29)20-6-7-24-27-20/h3-7,10-11,17-18,21H,8-9,12-13H2,1-2H3,(H,24,27)(H,25,26)/t17-,18+,21-/m1/s1. The van der Waals surface area contributed by atoms with Crippen molar-refractivity contribution in [2.75, 3.05) is 33.4 Å². The molecule has 1 saturated heterocycles. The Morgan fingerprint density at radius 3 is 2.87 bits per heavy atom. The Bertz CT molecular complexity index is 974. The lowest BCUT2D eigenvalue weighted by molar-refractivity contribution is 0.0660. The van der Waals surface area contributed by atoms with Gasteiger partial charge in [-0.3, -0.25) is 19.9 Å². The maximum atomic E-state index is 14.5. The Balaban J connectivity index is 1.81. The number of benzene rings is 1. The lowest BCUT2D eigenvalue weighted by atomic mass is 9.68. The fourth-order valence-corrected chi connectivity index (χ4v) is 4.58. The highest BCUT2D eigenvalue weighted by atomic mass is 19.1. The summed E-state index contributed by atoms with van der Waals surface area (Å²) in [4.78, 5) is 15.8. The zero-order valence-corrected chi connectivity index (χ0v) is 17.1. The van der Waals surface area contributed by atoms with Gasteiger partial charge >= 0.3 is 0 Å². The molecule has 4 rings (SSSR count). The van der Waals surface area contributed by atoms with Gasteiger partial charge in [0, 0.05) is 56.9 Å². The van der Waals surface area contributed by atoms with Crippen LogP contribution in [0.3, 0.4) is 0 Å². The van der Waals surface area contributed by atoms with Gasteiger partial charge in [0.15, 0.2) is 5.78 Å². The zero-order valence-electron chi connectivity index (χ0n) is 17.1. The number of ketones is 1. The maximum Gasteiger partial charge on any atom is 0.185 e. The molecule has 2 N–H and O–H groups in total. The molecule has 158 valence electrons. The SMILES string of the molecule is COCCN1C[C@H](C(=O)c2ccn[nH]2)[C@H](c2cccc(F)c2C)[C@@H](c2cn[nH]c2)C1. The predicted molar refractivity (Wildman–Crippen MR) is 110 cm³/mol. The van der Waals surface area contributed by atoms with E-state index in [0.29, 0.717) is 31.0 Å². The molecule has 1 aliphatic rings. The molecule has 3 heterocycles. The number of likely N-dealkylation sites (tertiary alicyclic amines) is 1. The number of methoxy groups -OCH3 is 1. The summed E-state index contributed by atoms with van der Waals surface area (Å²) in [5.41, 5.74) is 2.93. The summed E-state index contributed by atoms with van der Waals surface area (Å²) in [5, 5.41) is 13.8. The molecule has 0 spiro atoms. The molecular weight excluding hydrogens is 385 g/mol. The van der Waals surface area contributed by atoms with E-state index in [1.165, 1.54) is 6.07 Å². The number of ether oxygens (including phenoxy) is 1. The molecule has 0 bridgehead atoms. The smallest absolute Gasteiger partial charge is 0.185 e. The Hall–Kier alpha value is -2.84. The summed E-state index contributed by atoms with van der Waals surface area (Å²) in [6.45, 7) is 4.37. The van der Waals surface area contributed by atoms with Crippen molar-refractivity contribution >= 4 is 5.78 Å². The minimum atomic E-state index is -0.364. The molecule has 3 atom stereocenters. The summed E-state index contributed by atoms with van der Waals surface area (Å²) in [6, 6.07) is 6.82. The molecule has 8 heteroatoms. The molecule has 7 nitrogen and oxygen atoms in total. The van der Waals surface area contributed by atoms with Crippen LogP contribution in [0.25, 0.3) is 0 Å². The largest absolute Gasteiger partial charge is 0.383 e. The number of hydrogen-bond donors (Lipinski definition) is 2. The second-order valence-corrected chi connectivity index (χ2v) is 7.81. The molecule has 3 aromatic rings. The van der Waals surface area contributed by atoms with Crippen LogP contribution in [0, 0.1) is 18.7 Å². The fraction of sp³-hybridized carbons (Fsp3) is 0.409. The van der Waals surface area contributed by atoms with Gasteiger partial charge in [0.25, 0.3) is 0 Å². The lowest BCUT2D eigenvalue weighted by Crippen LogP contribution is -2.48. The lowest BCUT2D eigenvalue weighted by Gasteiger charge is -2.43. The molecular formula is C22H26FN5O2. The van der Waals surface area contributed by atoms with E-state index >= 15 is 0 Å². The summed E-state index contributed by atoms with van der Waals surface area (Å²) in [5.74, 6) is -0.846. The number of hydrogen-bond acceptors (Lipinski definition) is 5. The van der Waals surface area contributed by atoms with Crippen molar-refractivity contribution in [3.8, 4) is 0 Å². The van der Waals surface area contributed by atoms with E-state index < -0.39 is 0 Å². The Morgan fingerprint density at radius 1 is 1.30 bits per heavy atom. The van der Waals surface area contributed by atoms with Crippen molar-refractivity contribution in [1.29, 1.82) is 0 Å². The summed E-state index contributed by atoms with van der Waals surface area (Å²) in [7, 11) is 1.67. The highest BCUT2D eigenvalue weighted by Gasteiger charge is 2.43. The number of carbonyl (C=O) groups excluding carboxylic acids is 1. The number of aromatic nitrogens is 4. The first-order valence-electron chi connectivity index (χ1n) is 10.1. The number of nitrogens with zero attached hydrogens (tertiary/aromatic N) is 3. The van der Waals surface area contributed by atoms with Gasteiger partial charge in [0.2, 0.25) is 0 Å². The number of halogens is 1. The number of H-pyrrole nitrogens is 2. The van der Waals surface area contributed by atoms with Gasteiger partial charge in [-0.15, -0.1) is 0 Å². The molecule has 0 aliphatic carbocycles. The second-order valence-electron chi connectivity index (χ2n) is 7.81. The van der Waals surface area contributed by atoms with E-state index in [9.17, 15) is 9.18 Å². The highest BCUT2D eigenvalue weighted by Crippen LogP contribution is 2.45. The Labute approximate surface area is 174 Å². The van der Waals surface area contributed by atoms with Crippen LogP contribution >= 0.6 is 0 Å². The van der Waals surface area contributed by atoms with Crippen LogP contribution in [0.2, 0.25) is 0 Å². The molecule has 0 saturated carbocycles. The van der Waals surface area contributed by atoms with Crippen molar-refractivity contribution in [1.82, 2.24) is 25.3 Å². The molecule has 1 fully saturated rings. The first-order valence-corrected chi connectivity index (χ1v) is 10.1. The van der Waals surface area contributed by atoms with Crippen LogP contribution in [0.5, 0.6) is 0 Å². The van der Waals surface area contributed by atoms with Gasteiger partial charge < -0.3 is 4.74 Å². The van der Waals surface area contributed by atoms with Crippen LogP contribution in [0.15, 0.2) is 42.9 Å². The summed E-state index contributed by atoms with van der Waals surface area (Å²) < 4.78 is 19.8. The minimum absolute atomic E-state index is 0.0169. The predicted octanol–water partition coefficient (Wildman–Crippen LogP) is 2.91. The van der Waals surface area contributed by atoms with E-state index in [-0.39, 0.29) is 29.4 Å². The Kier molecular flexibility index (Phi) is 6.06. The third-order valence-corrected chi connectivity index (χ3v) is 6.11. The molecule has 0 amide bonds. The van der Waals surface area contributed by atoms with E-state index in [0.717, 1.165) is 17.7 Å². The highest BCUT2D eigenvalue weighted by molar-refractivity contribution is 5.97. The fourth-order valence-electron chi connectivity index (χ4n) is 4.58. The van der Waals surface area contributed by atoms with Crippen molar-refractivity contribution in [3.63, 3.8) is 0 Å². The third-order valence-electron chi connectivity index (χ3n) is 6.11. The van der Waals surface area contributed by atoms with Gasteiger partial charge in [-0.05, 0) is 35.7 Å². The second kappa shape index (κ2) is 8.89. The third kappa shape index (κ3) is 3.93. The number of aromatic amines is 2. The zero-order chi connectivity index (χ0) is 21.1. The van der Waals surface area contributed by atoms with Crippen LogP contribution in [-0.2, 0) is 4.74 Å². The molecule has 0 radical (unpaired) electrons. The normalized spacial score (nSPS) is 22.3. The van der Waals surface area contributed by atoms with Gasteiger partial charge in [0.1, 0.15) is 11.5 Å². The van der Waals surface area contributed by atoms with E-state index in [4.69, 9.17) is 4.74 Å². The van der Waals surface area contributed by atoms with Crippen molar-refractivity contribution < 1.29 is 13.9 Å². The van der Waals surface area contributed by atoms with Crippen LogP contribution < -0.4 is 0 Å². The van der Waals surface area contributed by atoms with E-state index in [2.05, 4.69) is 25.3 Å². The number of piperidine rings is 1. The summed E-state index contributed by atoms with van der Waals surface area (Å²) >= 11 is 0. The van der Waals surface area contributed by atoms with Crippen molar-refractivity contribution in [3.05, 3.63) is 71.1 Å². The number of carbonyl (C=O) groups is 1. The van der Waals surface area contributed by atoms with Gasteiger partial charge in [0.05, 0.1) is 12.8 Å².